The molecule has 0 aliphatic rings. The number of rotatable bonds is 2. The van der Waals surface area contributed by atoms with E-state index in [1.807, 2.05) is 24.3 Å². The van der Waals surface area contributed by atoms with Gasteiger partial charge in [0.05, 0.1) is 12.0 Å². The van der Waals surface area contributed by atoms with Crippen molar-refractivity contribution >= 4 is 28.9 Å². The van der Waals surface area contributed by atoms with E-state index in [-0.39, 0.29) is 0 Å². The van der Waals surface area contributed by atoms with Crippen LogP contribution in [0, 0.1) is 0 Å². The summed E-state index contributed by atoms with van der Waals surface area (Å²) in [7, 11) is 0. The van der Waals surface area contributed by atoms with Crippen molar-refractivity contribution < 1.29 is 0 Å². The monoisotopic (exact) mass is 196 g/mol. The molecular weight excluding hydrogens is 184 g/mol. The third-order valence-corrected chi connectivity index (χ3v) is 2.36. The summed E-state index contributed by atoms with van der Waals surface area (Å²) in [5, 5.41) is 2.25. The molecule has 0 heterocycles. The molecule has 2 aromatic rings. The molecule has 0 saturated carbocycles. The Labute approximate surface area is 88.8 Å². The summed E-state index contributed by atoms with van der Waals surface area (Å²) in [6.45, 7) is 3.77. The summed E-state index contributed by atoms with van der Waals surface area (Å²) >= 11 is 0. The topological polar surface area (TPSA) is 38.4 Å². The smallest absolute Gasteiger partial charge is 0.0860 e. The molecule has 0 amide bonds. The van der Waals surface area contributed by atoms with Crippen LogP contribution in [0.3, 0.4) is 0 Å². The molecule has 2 aromatic carbocycles. The molecule has 0 saturated heterocycles. The Morgan fingerprint density at radius 1 is 1.13 bits per heavy atom. The van der Waals surface area contributed by atoms with E-state index in [1.54, 1.807) is 6.08 Å². The van der Waals surface area contributed by atoms with Crippen LogP contribution in [0.1, 0.15) is 5.56 Å². The average Bonchev–Trinajstić information content (AvgIpc) is 2.30. The van der Waals surface area contributed by atoms with Crippen molar-refractivity contribution in [2.75, 3.05) is 0 Å². The number of nitrogens with zero attached hydrogens (tertiary/aromatic N) is 1. The number of aliphatic imine (C=N–C) groups is 1. The van der Waals surface area contributed by atoms with E-state index in [1.165, 1.54) is 6.34 Å². The van der Waals surface area contributed by atoms with Gasteiger partial charge in [-0.2, -0.15) is 0 Å². The van der Waals surface area contributed by atoms with Gasteiger partial charge in [0.15, 0.2) is 0 Å². The van der Waals surface area contributed by atoms with Gasteiger partial charge in [0, 0.05) is 10.9 Å². The first kappa shape index (κ1) is 9.46. The Bertz CT molecular complexity index is 527. The minimum atomic E-state index is 0.880. The van der Waals surface area contributed by atoms with Gasteiger partial charge in [0.2, 0.25) is 0 Å². The molecule has 0 radical (unpaired) electrons. The van der Waals surface area contributed by atoms with Crippen molar-refractivity contribution in [2.24, 2.45) is 10.7 Å². The van der Waals surface area contributed by atoms with Crippen molar-refractivity contribution in [2.45, 2.75) is 0 Å². The first-order valence-electron chi connectivity index (χ1n) is 4.75. The Balaban J connectivity index is 2.84. The molecule has 0 aromatic heterocycles. The predicted molar refractivity (Wildman–Crippen MR) is 66.4 cm³/mol. The van der Waals surface area contributed by atoms with E-state index in [4.69, 9.17) is 5.73 Å². The maximum absolute atomic E-state index is 5.35. The van der Waals surface area contributed by atoms with Crippen molar-refractivity contribution in [3.05, 3.63) is 48.5 Å². The Hall–Kier alpha value is -2.09. The van der Waals surface area contributed by atoms with E-state index in [9.17, 15) is 0 Å². The van der Waals surface area contributed by atoms with Crippen molar-refractivity contribution in [3.8, 4) is 0 Å². The van der Waals surface area contributed by atoms with Crippen LogP contribution in [0.2, 0.25) is 0 Å². The Kier molecular flexibility index (Phi) is 2.50. The van der Waals surface area contributed by atoms with Gasteiger partial charge in [-0.05, 0) is 5.39 Å². The fourth-order valence-electron chi connectivity index (χ4n) is 1.66. The second-order valence-corrected chi connectivity index (χ2v) is 3.21. The maximum Gasteiger partial charge on any atom is 0.0860 e. The van der Waals surface area contributed by atoms with E-state index in [0.29, 0.717) is 0 Å². The Morgan fingerprint density at radius 2 is 1.93 bits per heavy atom. The first-order chi connectivity index (χ1) is 7.36. The molecule has 2 heteroatoms. The molecule has 0 aliphatic carbocycles. The van der Waals surface area contributed by atoms with Gasteiger partial charge in [-0.15, -0.1) is 0 Å². The first-order valence-corrected chi connectivity index (χ1v) is 4.75. The molecule has 0 fully saturated rings. The van der Waals surface area contributed by atoms with Crippen LogP contribution >= 0.6 is 0 Å². The minimum absolute atomic E-state index is 0.880. The van der Waals surface area contributed by atoms with Crippen molar-refractivity contribution in [3.63, 3.8) is 0 Å². The van der Waals surface area contributed by atoms with Crippen LogP contribution < -0.4 is 5.73 Å². The Morgan fingerprint density at radius 3 is 2.67 bits per heavy atom. The van der Waals surface area contributed by atoms with E-state index < -0.39 is 0 Å². The second-order valence-electron chi connectivity index (χ2n) is 3.21. The fraction of sp³-hybridized carbons (Fsp3) is 0. The van der Waals surface area contributed by atoms with Gasteiger partial charge in [0.25, 0.3) is 0 Å². The number of nitrogens with two attached hydrogens (primary N) is 1. The molecule has 0 atom stereocenters. The van der Waals surface area contributed by atoms with Crippen LogP contribution in [0.4, 0.5) is 5.69 Å². The zero-order chi connectivity index (χ0) is 10.7. The maximum atomic E-state index is 5.35. The quantitative estimate of drug-likeness (QED) is 0.581. The molecule has 0 aliphatic heterocycles. The third kappa shape index (κ3) is 1.62. The normalized spacial score (nSPS) is 10.9. The highest BCUT2D eigenvalue weighted by molar-refractivity contribution is 5.97. The SMILES string of the molecule is C=Cc1ccc2ccccc2c1N=CN. The largest absolute Gasteiger partial charge is 0.390 e. The standard InChI is InChI=1S/C13H12N2/c1-2-10-7-8-11-5-3-4-6-12(11)13(10)15-9-14/h2-9H,1H2,(H2,14,15). The fourth-order valence-corrected chi connectivity index (χ4v) is 1.66. The highest BCUT2D eigenvalue weighted by Crippen LogP contribution is 2.30. The summed E-state index contributed by atoms with van der Waals surface area (Å²) < 4.78 is 0. The summed E-state index contributed by atoms with van der Waals surface area (Å²) in [5.41, 5.74) is 7.23. The van der Waals surface area contributed by atoms with Gasteiger partial charge < -0.3 is 5.73 Å². The third-order valence-electron chi connectivity index (χ3n) is 2.36. The molecule has 2 nitrogen and oxygen atoms in total. The number of hydrogen-bond donors (Lipinski definition) is 1. The summed E-state index contributed by atoms with van der Waals surface area (Å²) in [6, 6.07) is 12.1. The van der Waals surface area contributed by atoms with Gasteiger partial charge in [-0.25, -0.2) is 4.99 Å². The molecular formula is C13H12N2. The summed E-state index contributed by atoms with van der Waals surface area (Å²) in [4.78, 5) is 4.19. The van der Waals surface area contributed by atoms with Crippen LogP contribution in [0.25, 0.3) is 16.8 Å². The highest BCUT2D eigenvalue weighted by Gasteiger charge is 2.02. The van der Waals surface area contributed by atoms with Gasteiger partial charge in [-0.1, -0.05) is 49.1 Å². The van der Waals surface area contributed by atoms with E-state index >= 15 is 0 Å². The van der Waals surface area contributed by atoms with Crippen LogP contribution in [-0.2, 0) is 0 Å². The van der Waals surface area contributed by atoms with Crippen molar-refractivity contribution in [1.82, 2.24) is 0 Å². The molecule has 74 valence electrons. The van der Waals surface area contributed by atoms with Gasteiger partial charge >= 0.3 is 0 Å². The van der Waals surface area contributed by atoms with E-state index in [2.05, 4.69) is 23.7 Å². The number of benzene rings is 2. The summed E-state index contributed by atoms with van der Waals surface area (Å²) in [5.74, 6) is 0. The second kappa shape index (κ2) is 3.96. The van der Waals surface area contributed by atoms with Gasteiger partial charge in [-0.3, -0.25) is 0 Å². The number of fused-ring (bicyclic) bond motifs is 1. The van der Waals surface area contributed by atoms with Gasteiger partial charge in [0.1, 0.15) is 0 Å². The minimum Gasteiger partial charge on any atom is -0.390 e. The highest BCUT2D eigenvalue weighted by atomic mass is 14.8. The van der Waals surface area contributed by atoms with Crippen LogP contribution in [-0.4, -0.2) is 6.34 Å². The molecule has 15 heavy (non-hydrogen) atoms. The lowest BCUT2D eigenvalue weighted by Crippen LogP contribution is -1.88. The van der Waals surface area contributed by atoms with Crippen LogP contribution in [0.5, 0.6) is 0 Å². The van der Waals surface area contributed by atoms with Crippen molar-refractivity contribution in [1.29, 1.82) is 0 Å². The molecule has 2 N–H and O–H groups in total. The lowest BCUT2D eigenvalue weighted by atomic mass is 10.0. The molecule has 0 spiro atoms. The molecule has 0 bridgehead atoms. The van der Waals surface area contributed by atoms with E-state index in [0.717, 1.165) is 22.0 Å². The zero-order valence-electron chi connectivity index (χ0n) is 8.35. The molecule has 2 rings (SSSR count). The average molecular weight is 196 g/mol. The number of hydrogen-bond acceptors (Lipinski definition) is 1. The predicted octanol–water partition coefficient (Wildman–Crippen LogP) is 3.10. The van der Waals surface area contributed by atoms with Crippen LogP contribution in [0.15, 0.2) is 48.0 Å². The summed E-state index contributed by atoms with van der Waals surface area (Å²) in [6.07, 6.45) is 3.10. The lowest BCUT2D eigenvalue weighted by molar-refractivity contribution is 1.53. The lowest BCUT2D eigenvalue weighted by Gasteiger charge is -2.05. The zero-order valence-corrected chi connectivity index (χ0v) is 8.35. The molecule has 0 unspecified atom stereocenters.